The Morgan fingerprint density at radius 1 is 1.11 bits per heavy atom. The van der Waals surface area contributed by atoms with Crippen molar-refractivity contribution in [1.82, 2.24) is 29.2 Å². The Kier molecular flexibility index (Phi) is 6.54. The van der Waals surface area contributed by atoms with Crippen LogP contribution in [0.15, 0.2) is 49.2 Å². The SMILES string of the molecule is C[C@@H]1CN(c2ncnc3c2c(-c2ccccc2F)cn3-c2cnn(C)c2)[C@@H](C)CN1C(=O)OC(C)(C)CF. The lowest BCUT2D eigenvalue weighted by Gasteiger charge is -2.44. The molecule has 0 N–H and O–H groups in total. The molecule has 1 aromatic carbocycles. The molecule has 1 saturated heterocycles. The van der Waals surface area contributed by atoms with Crippen LogP contribution < -0.4 is 4.90 Å². The number of piperazine rings is 1. The van der Waals surface area contributed by atoms with Crippen LogP contribution in [-0.4, -0.2) is 72.8 Å². The van der Waals surface area contributed by atoms with E-state index >= 15 is 4.39 Å². The first-order valence-electron chi connectivity index (χ1n) is 12.5. The Balaban J connectivity index is 1.59. The minimum absolute atomic E-state index is 0.152. The molecule has 4 aromatic rings. The number of amides is 1. The van der Waals surface area contributed by atoms with E-state index in [-0.39, 0.29) is 17.9 Å². The third-order valence-electron chi connectivity index (χ3n) is 6.87. The highest BCUT2D eigenvalue weighted by Crippen LogP contribution is 2.39. The highest BCUT2D eigenvalue weighted by atomic mass is 19.1. The predicted octanol–water partition coefficient (Wildman–Crippen LogP) is 4.74. The zero-order valence-corrected chi connectivity index (χ0v) is 22.1. The maximum Gasteiger partial charge on any atom is 0.410 e. The quantitative estimate of drug-likeness (QED) is 0.376. The molecule has 0 saturated carbocycles. The molecule has 4 heterocycles. The summed E-state index contributed by atoms with van der Waals surface area (Å²) in [6.45, 7) is 7.03. The van der Waals surface area contributed by atoms with Gasteiger partial charge in [-0.3, -0.25) is 9.25 Å². The van der Waals surface area contributed by atoms with Crippen molar-refractivity contribution in [1.29, 1.82) is 0 Å². The fraction of sp³-hybridized carbons (Fsp3) is 0.407. The summed E-state index contributed by atoms with van der Waals surface area (Å²) in [5.74, 6) is 0.296. The molecule has 0 spiro atoms. The van der Waals surface area contributed by atoms with Gasteiger partial charge in [0.05, 0.1) is 17.3 Å². The van der Waals surface area contributed by atoms with Crippen LogP contribution in [0, 0.1) is 5.82 Å². The van der Waals surface area contributed by atoms with Crippen LogP contribution in [0.2, 0.25) is 0 Å². The van der Waals surface area contributed by atoms with Crippen LogP contribution in [0.1, 0.15) is 27.7 Å². The number of halogens is 2. The largest absolute Gasteiger partial charge is 0.441 e. The van der Waals surface area contributed by atoms with E-state index in [0.717, 1.165) is 5.69 Å². The molecular weight excluding hydrogens is 492 g/mol. The molecule has 0 aliphatic carbocycles. The van der Waals surface area contributed by atoms with Crippen molar-refractivity contribution in [2.45, 2.75) is 45.4 Å². The lowest BCUT2D eigenvalue weighted by Crippen LogP contribution is -2.59. The molecule has 1 aliphatic heterocycles. The van der Waals surface area contributed by atoms with Gasteiger partial charge in [0.25, 0.3) is 0 Å². The lowest BCUT2D eigenvalue weighted by molar-refractivity contribution is -0.00993. The Hall–Kier alpha value is -4.02. The predicted molar refractivity (Wildman–Crippen MR) is 141 cm³/mol. The van der Waals surface area contributed by atoms with Crippen molar-refractivity contribution in [3.8, 4) is 16.8 Å². The minimum atomic E-state index is -1.19. The van der Waals surface area contributed by atoms with E-state index in [9.17, 15) is 9.18 Å². The van der Waals surface area contributed by atoms with Gasteiger partial charge in [-0.05, 0) is 33.8 Å². The van der Waals surface area contributed by atoms with Gasteiger partial charge in [-0.25, -0.2) is 23.5 Å². The van der Waals surface area contributed by atoms with Gasteiger partial charge in [0, 0.05) is 55.7 Å². The first kappa shape index (κ1) is 25.6. The van der Waals surface area contributed by atoms with Crippen LogP contribution in [0.3, 0.4) is 0 Å². The summed E-state index contributed by atoms with van der Waals surface area (Å²) in [4.78, 5) is 25.8. The molecule has 0 bridgehead atoms. The van der Waals surface area contributed by atoms with Gasteiger partial charge in [0.2, 0.25) is 0 Å². The van der Waals surface area contributed by atoms with E-state index in [4.69, 9.17) is 4.74 Å². The Morgan fingerprint density at radius 3 is 2.55 bits per heavy atom. The molecule has 38 heavy (non-hydrogen) atoms. The molecule has 0 unspecified atom stereocenters. The zero-order chi connectivity index (χ0) is 27.2. The Bertz CT molecular complexity index is 1480. The number of hydrogen-bond donors (Lipinski definition) is 0. The van der Waals surface area contributed by atoms with Crippen LogP contribution in [0.4, 0.5) is 19.4 Å². The molecular formula is C27H31F2N7O2. The van der Waals surface area contributed by atoms with Gasteiger partial charge in [0.1, 0.15) is 30.2 Å². The first-order valence-corrected chi connectivity index (χ1v) is 12.5. The average Bonchev–Trinajstić information content (AvgIpc) is 3.48. The molecule has 2 atom stereocenters. The second-order valence-corrected chi connectivity index (χ2v) is 10.4. The maximum absolute atomic E-state index is 15.1. The molecule has 3 aromatic heterocycles. The summed E-state index contributed by atoms with van der Waals surface area (Å²) in [7, 11) is 1.83. The first-order chi connectivity index (χ1) is 18.1. The number of nitrogens with zero attached hydrogens (tertiary/aromatic N) is 7. The van der Waals surface area contributed by atoms with Crippen LogP contribution in [0.25, 0.3) is 27.8 Å². The number of carbonyl (C=O) groups is 1. The van der Waals surface area contributed by atoms with Gasteiger partial charge in [-0.2, -0.15) is 5.10 Å². The third-order valence-corrected chi connectivity index (χ3v) is 6.87. The monoisotopic (exact) mass is 523 g/mol. The Labute approximate surface area is 219 Å². The highest BCUT2D eigenvalue weighted by molar-refractivity contribution is 6.02. The summed E-state index contributed by atoms with van der Waals surface area (Å²) in [5, 5.41) is 4.99. The van der Waals surface area contributed by atoms with Gasteiger partial charge < -0.3 is 14.5 Å². The summed E-state index contributed by atoms with van der Waals surface area (Å²) >= 11 is 0. The van der Waals surface area contributed by atoms with Gasteiger partial charge >= 0.3 is 6.09 Å². The molecule has 5 rings (SSSR count). The zero-order valence-electron chi connectivity index (χ0n) is 22.1. The smallest absolute Gasteiger partial charge is 0.410 e. The van der Waals surface area contributed by atoms with E-state index in [1.165, 1.54) is 12.4 Å². The van der Waals surface area contributed by atoms with Crippen molar-refractivity contribution < 1.29 is 18.3 Å². The molecule has 1 aliphatic rings. The minimum Gasteiger partial charge on any atom is -0.441 e. The number of fused-ring (bicyclic) bond motifs is 1. The number of rotatable bonds is 5. The summed E-state index contributed by atoms with van der Waals surface area (Å²) in [6.07, 6.45) is 6.39. The lowest BCUT2D eigenvalue weighted by atomic mass is 10.0. The van der Waals surface area contributed by atoms with Crippen LogP contribution >= 0.6 is 0 Å². The van der Waals surface area contributed by atoms with Crippen molar-refractivity contribution >= 4 is 22.9 Å². The second kappa shape index (κ2) is 9.70. The number of benzene rings is 1. The summed E-state index contributed by atoms with van der Waals surface area (Å²) in [5.41, 5.74) is 1.30. The number of alkyl halides is 1. The van der Waals surface area contributed by atoms with Crippen molar-refractivity contribution in [3.63, 3.8) is 0 Å². The van der Waals surface area contributed by atoms with Gasteiger partial charge in [-0.15, -0.1) is 0 Å². The molecule has 200 valence electrons. The van der Waals surface area contributed by atoms with Gasteiger partial charge in [0.15, 0.2) is 5.65 Å². The number of ether oxygens (including phenoxy) is 1. The van der Waals surface area contributed by atoms with E-state index < -0.39 is 18.4 Å². The second-order valence-electron chi connectivity index (χ2n) is 10.4. The number of anilines is 1. The Morgan fingerprint density at radius 2 is 1.87 bits per heavy atom. The number of carbonyl (C=O) groups excluding carboxylic acids is 1. The molecule has 9 nitrogen and oxygen atoms in total. The molecule has 11 heteroatoms. The highest BCUT2D eigenvalue weighted by Gasteiger charge is 2.37. The summed E-state index contributed by atoms with van der Waals surface area (Å²) in [6, 6.07) is 6.23. The van der Waals surface area contributed by atoms with Crippen LogP contribution in [-0.2, 0) is 11.8 Å². The normalized spacial score (nSPS) is 18.3. The number of aryl methyl sites for hydroxylation is 1. The van der Waals surface area contributed by atoms with E-state index in [2.05, 4.69) is 20.0 Å². The number of aromatic nitrogens is 5. The standard InChI is InChI=1S/C27H31F2N7O2/c1-17-12-35(26(37)38-27(3,4)15-28)18(2)11-34(17)24-23-21(20-8-6-7-9-22(20)29)14-36(25(23)31-16-30-24)19-10-32-33(5)13-19/h6-10,13-14,16-18H,11-12,15H2,1-5H3/t17-,18+/m0/s1. The summed E-state index contributed by atoms with van der Waals surface area (Å²) < 4.78 is 37.3. The number of hydrogen-bond acceptors (Lipinski definition) is 6. The van der Waals surface area contributed by atoms with Crippen LogP contribution in [0.5, 0.6) is 0 Å². The van der Waals surface area contributed by atoms with E-state index in [1.54, 1.807) is 47.8 Å². The third kappa shape index (κ3) is 4.57. The topological polar surface area (TPSA) is 81.3 Å². The molecule has 0 radical (unpaired) electrons. The molecule has 1 fully saturated rings. The fourth-order valence-corrected chi connectivity index (χ4v) is 4.88. The van der Waals surface area contributed by atoms with E-state index in [0.29, 0.717) is 41.1 Å². The molecule has 1 amide bonds. The van der Waals surface area contributed by atoms with Crippen molar-refractivity contribution in [3.05, 3.63) is 55.0 Å². The average molecular weight is 524 g/mol. The van der Waals surface area contributed by atoms with Gasteiger partial charge in [-0.1, -0.05) is 18.2 Å². The van der Waals surface area contributed by atoms with Crippen molar-refractivity contribution in [2.75, 3.05) is 24.7 Å². The fourth-order valence-electron chi connectivity index (χ4n) is 4.88. The van der Waals surface area contributed by atoms with E-state index in [1.807, 2.05) is 37.9 Å². The maximum atomic E-state index is 15.1. The van der Waals surface area contributed by atoms with Crippen molar-refractivity contribution in [2.24, 2.45) is 7.05 Å².